The van der Waals surface area contributed by atoms with Crippen LogP contribution in [0.5, 0.6) is 11.5 Å². The van der Waals surface area contributed by atoms with Crippen LogP contribution in [0.25, 0.3) is 6.08 Å². The number of hydrogen-bond acceptors (Lipinski definition) is 7. The van der Waals surface area contributed by atoms with Gasteiger partial charge in [-0.05, 0) is 77.4 Å². The van der Waals surface area contributed by atoms with Crippen LogP contribution < -0.4 is 14.8 Å². The molecule has 46 heavy (non-hydrogen) atoms. The van der Waals surface area contributed by atoms with Gasteiger partial charge in [-0.1, -0.05) is 55.1 Å². The Labute approximate surface area is 265 Å². The summed E-state index contributed by atoms with van der Waals surface area (Å²) in [6.45, 7) is 5.29. The number of ether oxygens (including phenoxy) is 2. The fraction of sp³-hybridized carbons (Fsp3) is 0.158. The minimum atomic E-state index is -1.44. The lowest BCUT2D eigenvalue weighted by molar-refractivity contribution is -0.131. The molecule has 4 aromatic carbocycles. The average Bonchev–Trinajstić information content (AvgIpc) is 3.55. The molecule has 3 aliphatic heterocycles. The van der Waals surface area contributed by atoms with Gasteiger partial charge in [-0.25, -0.2) is 0 Å². The third-order valence-electron chi connectivity index (χ3n) is 9.03. The van der Waals surface area contributed by atoms with E-state index < -0.39 is 29.4 Å². The molecule has 1 amide bonds. The topological polar surface area (TPSA) is 102 Å². The normalized spacial score (nSPS) is 22.0. The Balaban J connectivity index is 1.44. The number of ketones is 2. The maximum absolute atomic E-state index is 15.0. The molecule has 8 heteroatoms. The highest BCUT2D eigenvalue weighted by atomic mass is 16.5. The van der Waals surface area contributed by atoms with Crippen LogP contribution in [0.15, 0.2) is 116 Å². The smallest absolute Gasteiger partial charge is 0.308 e. The average molecular weight is 611 g/mol. The van der Waals surface area contributed by atoms with Gasteiger partial charge in [0.25, 0.3) is 0 Å². The van der Waals surface area contributed by atoms with Gasteiger partial charge in [0.1, 0.15) is 29.6 Å². The van der Waals surface area contributed by atoms with E-state index in [-0.39, 0.29) is 17.5 Å². The van der Waals surface area contributed by atoms with Crippen molar-refractivity contribution in [2.45, 2.75) is 24.4 Å². The second-order valence-electron chi connectivity index (χ2n) is 11.6. The molecule has 7 rings (SSSR count). The zero-order valence-corrected chi connectivity index (χ0v) is 25.0. The van der Waals surface area contributed by atoms with Crippen molar-refractivity contribution in [1.82, 2.24) is 4.90 Å². The molecule has 0 radical (unpaired) electrons. The molecule has 228 valence electrons. The Hall–Kier alpha value is -5.76. The van der Waals surface area contributed by atoms with Crippen molar-refractivity contribution >= 4 is 35.2 Å². The van der Waals surface area contributed by atoms with Crippen LogP contribution >= 0.6 is 0 Å². The number of carbonyl (C=O) groups excluding carboxylic acids is 4. The molecule has 4 aromatic rings. The number of rotatable bonds is 8. The maximum atomic E-state index is 15.0. The number of fused-ring (bicyclic) bond motifs is 6. The first kappa shape index (κ1) is 29.0. The van der Waals surface area contributed by atoms with Crippen LogP contribution in [0.2, 0.25) is 0 Å². The fourth-order valence-corrected chi connectivity index (χ4v) is 7.24. The minimum Gasteiger partial charge on any atom is -0.490 e. The molecular weight excluding hydrogens is 580 g/mol. The summed E-state index contributed by atoms with van der Waals surface area (Å²) in [4.78, 5) is 57.7. The van der Waals surface area contributed by atoms with Gasteiger partial charge in [0, 0.05) is 29.9 Å². The summed E-state index contributed by atoms with van der Waals surface area (Å²) < 4.78 is 10.8. The SMILES string of the molecule is C=CCOc1ccc(C(=O)[C@@H]2[C@@H](C(=O)c3ccc(OC(C)=O)cc3)N3C=Cc4ccccc4[C@@H]3[C@@]23C(=O)Nc2ccccc23)cc1. The van der Waals surface area contributed by atoms with Crippen molar-refractivity contribution in [1.29, 1.82) is 0 Å². The Morgan fingerprint density at radius 3 is 2.24 bits per heavy atom. The molecule has 0 unspecified atom stereocenters. The largest absolute Gasteiger partial charge is 0.490 e. The summed E-state index contributed by atoms with van der Waals surface area (Å²) in [5.41, 5.74) is 2.28. The zero-order valence-electron chi connectivity index (χ0n) is 25.0. The first-order valence-corrected chi connectivity index (χ1v) is 15.0. The number of para-hydroxylation sites is 1. The number of anilines is 1. The molecule has 0 bridgehead atoms. The number of Topliss-reactive ketones (excluding diaryl/α,β-unsaturated/α-hetero) is 2. The second-order valence-corrected chi connectivity index (χ2v) is 11.6. The van der Waals surface area contributed by atoms with Crippen molar-refractivity contribution in [3.63, 3.8) is 0 Å². The van der Waals surface area contributed by atoms with Crippen molar-refractivity contribution in [3.8, 4) is 11.5 Å². The molecule has 0 aliphatic carbocycles. The number of amides is 1. The summed E-state index contributed by atoms with van der Waals surface area (Å²) in [7, 11) is 0. The third-order valence-corrected chi connectivity index (χ3v) is 9.03. The van der Waals surface area contributed by atoms with E-state index in [1.165, 1.54) is 6.92 Å². The maximum Gasteiger partial charge on any atom is 0.308 e. The molecule has 0 aromatic heterocycles. The molecule has 1 spiro atoms. The van der Waals surface area contributed by atoms with Gasteiger partial charge in [-0.15, -0.1) is 0 Å². The predicted molar refractivity (Wildman–Crippen MR) is 173 cm³/mol. The van der Waals surface area contributed by atoms with E-state index in [1.807, 2.05) is 65.7 Å². The van der Waals surface area contributed by atoms with Gasteiger partial charge in [0.15, 0.2) is 11.6 Å². The molecule has 3 heterocycles. The van der Waals surface area contributed by atoms with E-state index in [4.69, 9.17) is 9.47 Å². The van der Waals surface area contributed by atoms with Gasteiger partial charge in [0.2, 0.25) is 5.91 Å². The Kier molecular flexibility index (Phi) is 7.12. The monoisotopic (exact) mass is 610 g/mol. The number of carbonyl (C=O) groups is 4. The van der Waals surface area contributed by atoms with Crippen molar-refractivity contribution in [2.24, 2.45) is 5.92 Å². The molecule has 3 aliphatic rings. The van der Waals surface area contributed by atoms with Gasteiger partial charge >= 0.3 is 5.97 Å². The minimum absolute atomic E-state index is 0.298. The number of esters is 1. The highest BCUT2D eigenvalue weighted by Gasteiger charge is 2.70. The summed E-state index contributed by atoms with van der Waals surface area (Å²) >= 11 is 0. The van der Waals surface area contributed by atoms with Crippen LogP contribution in [-0.4, -0.2) is 41.0 Å². The molecule has 4 atom stereocenters. The van der Waals surface area contributed by atoms with Crippen molar-refractivity contribution < 1.29 is 28.7 Å². The first-order chi connectivity index (χ1) is 22.3. The summed E-state index contributed by atoms with van der Waals surface area (Å²) in [6.07, 6.45) is 5.38. The van der Waals surface area contributed by atoms with Crippen LogP contribution in [0.1, 0.15) is 50.4 Å². The molecule has 1 fully saturated rings. The third kappa shape index (κ3) is 4.44. The van der Waals surface area contributed by atoms with E-state index in [0.717, 1.165) is 11.1 Å². The van der Waals surface area contributed by atoms with Crippen molar-refractivity contribution in [3.05, 3.63) is 144 Å². The van der Waals surface area contributed by atoms with E-state index in [2.05, 4.69) is 11.9 Å². The van der Waals surface area contributed by atoms with E-state index in [0.29, 0.717) is 40.5 Å². The fourth-order valence-electron chi connectivity index (χ4n) is 7.24. The van der Waals surface area contributed by atoms with Crippen LogP contribution in [0, 0.1) is 5.92 Å². The quantitative estimate of drug-likeness (QED) is 0.110. The Bertz CT molecular complexity index is 1930. The Morgan fingerprint density at radius 1 is 0.870 bits per heavy atom. The van der Waals surface area contributed by atoms with Crippen LogP contribution in [0.3, 0.4) is 0 Å². The molecule has 1 N–H and O–H groups in total. The van der Waals surface area contributed by atoms with Crippen molar-refractivity contribution in [2.75, 3.05) is 11.9 Å². The number of benzene rings is 4. The standard InChI is InChI=1S/C38H30N2O6/c1-3-22-45-27-16-12-25(13-17-27)34(42)32-33(35(43)26-14-18-28(19-15-26)46-23(2)41)40-21-20-24-8-4-5-9-29(24)36(40)38(32)30-10-6-7-11-31(30)39-37(38)44/h3-21,32-33,36H,1,22H2,2H3,(H,39,44)/t32-,33-,36+,38-/m0/s1. The number of nitrogens with zero attached hydrogens (tertiary/aromatic N) is 1. The highest BCUT2D eigenvalue weighted by molar-refractivity contribution is 6.16. The van der Waals surface area contributed by atoms with Gasteiger partial charge in [-0.2, -0.15) is 0 Å². The zero-order chi connectivity index (χ0) is 32.0. The molecule has 8 nitrogen and oxygen atoms in total. The first-order valence-electron chi connectivity index (χ1n) is 15.0. The summed E-state index contributed by atoms with van der Waals surface area (Å²) in [5, 5.41) is 3.06. The van der Waals surface area contributed by atoms with Gasteiger partial charge < -0.3 is 19.7 Å². The van der Waals surface area contributed by atoms with Crippen LogP contribution in [-0.2, 0) is 15.0 Å². The molecule has 1 saturated heterocycles. The van der Waals surface area contributed by atoms with E-state index in [9.17, 15) is 19.2 Å². The van der Waals surface area contributed by atoms with Gasteiger partial charge in [-0.3, -0.25) is 19.2 Å². The van der Waals surface area contributed by atoms with Crippen LogP contribution in [0.4, 0.5) is 5.69 Å². The predicted octanol–water partition coefficient (Wildman–Crippen LogP) is 6.16. The lowest BCUT2D eigenvalue weighted by Crippen LogP contribution is -2.49. The Morgan fingerprint density at radius 2 is 1.52 bits per heavy atom. The van der Waals surface area contributed by atoms with E-state index >= 15 is 0 Å². The molecule has 0 saturated carbocycles. The lowest BCUT2D eigenvalue weighted by atomic mass is 9.62. The number of nitrogens with one attached hydrogen (secondary N) is 1. The summed E-state index contributed by atoms with van der Waals surface area (Å²) in [6, 6.07) is 26.5. The van der Waals surface area contributed by atoms with E-state index in [1.54, 1.807) is 54.6 Å². The molecular formula is C38H30N2O6. The van der Waals surface area contributed by atoms with Gasteiger partial charge in [0.05, 0.1) is 12.0 Å². The lowest BCUT2D eigenvalue weighted by Gasteiger charge is -2.38. The highest BCUT2D eigenvalue weighted by Crippen LogP contribution is 2.62. The summed E-state index contributed by atoms with van der Waals surface area (Å²) in [5.74, 6) is -1.73. The number of hydrogen-bond donors (Lipinski definition) is 1. The second kappa shape index (κ2) is 11.3.